The number of alkyl halides is 3. The lowest BCUT2D eigenvalue weighted by atomic mass is 9.99. The van der Waals surface area contributed by atoms with Crippen molar-refractivity contribution in [1.82, 2.24) is 5.32 Å². The Kier molecular flexibility index (Phi) is 6.42. The zero-order valence-corrected chi connectivity index (χ0v) is 16.2. The van der Waals surface area contributed by atoms with Crippen LogP contribution in [0.1, 0.15) is 22.7 Å². The van der Waals surface area contributed by atoms with Gasteiger partial charge < -0.3 is 10.6 Å². The smallest absolute Gasteiger partial charge is 0.337 e. The topological polar surface area (TPSA) is 58.2 Å². The van der Waals surface area contributed by atoms with Crippen molar-refractivity contribution in [2.24, 2.45) is 0 Å². The van der Waals surface area contributed by atoms with Gasteiger partial charge in [0.25, 0.3) is 0 Å². The van der Waals surface area contributed by atoms with Gasteiger partial charge in [-0.25, -0.2) is 0 Å². The lowest BCUT2D eigenvalue weighted by Gasteiger charge is -2.19. The fourth-order valence-corrected chi connectivity index (χ4v) is 3.08. The highest BCUT2D eigenvalue weighted by molar-refractivity contribution is 6.39. The molecule has 0 radical (unpaired) electrons. The second kappa shape index (κ2) is 9.00. The highest BCUT2D eigenvalue weighted by atomic mass is 35.5. The SMILES string of the molecule is O=C(Nc1ccc(Cl)c(C(F)(F)F)c1)C(=O)NC(c1ccccc1)c1ccccc1. The molecule has 0 saturated heterocycles. The number of anilines is 1. The van der Waals surface area contributed by atoms with E-state index in [9.17, 15) is 22.8 Å². The van der Waals surface area contributed by atoms with Crippen LogP contribution >= 0.6 is 11.6 Å². The van der Waals surface area contributed by atoms with Gasteiger partial charge in [0.15, 0.2) is 0 Å². The Morgan fingerprint density at radius 3 is 1.83 bits per heavy atom. The van der Waals surface area contributed by atoms with Crippen LogP contribution in [0, 0.1) is 0 Å². The van der Waals surface area contributed by atoms with E-state index in [1.54, 1.807) is 48.5 Å². The predicted molar refractivity (Wildman–Crippen MR) is 108 cm³/mol. The predicted octanol–water partition coefficient (Wildman–Crippen LogP) is 5.20. The Labute approximate surface area is 175 Å². The van der Waals surface area contributed by atoms with Crippen molar-refractivity contribution >= 4 is 29.1 Å². The molecule has 0 saturated carbocycles. The van der Waals surface area contributed by atoms with Crippen LogP contribution in [0.3, 0.4) is 0 Å². The molecule has 3 rings (SSSR count). The molecule has 154 valence electrons. The number of halogens is 4. The summed E-state index contributed by atoms with van der Waals surface area (Å²) in [7, 11) is 0. The number of hydrogen-bond donors (Lipinski definition) is 2. The van der Waals surface area contributed by atoms with Gasteiger partial charge in [-0.1, -0.05) is 72.3 Å². The van der Waals surface area contributed by atoms with Gasteiger partial charge in [0.2, 0.25) is 0 Å². The molecule has 0 bridgehead atoms. The average molecular weight is 433 g/mol. The Morgan fingerprint density at radius 1 is 0.800 bits per heavy atom. The second-order valence-electron chi connectivity index (χ2n) is 6.37. The Balaban J connectivity index is 1.79. The molecule has 8 heteroatoms. The lowest BCUT2D eigenvalue weighted by Crippen LogP contribution is -2.38. The minimum atomic E-state index is -4.69. The molecule has 0 heterocycles. The van der Waals surface area contributed by atoms with Crippen molar-refractivity contribution in [1.29, 1.82) is 0 Å². The van der Waals surface area contributed by atoms with Crippen LogP contribution < -0.4 is 10.6 Å². The van der Waals surface area contributed by atoms with Crippen LogP contribution in [-0.2, 0) is 15.8 Å². The second-order valence-corrected chi connectivity index (χ2v) is 6.78. The van der Waals surface area contributed by atoms with Crippen LogP contribution in [0.15, 0.2) is 78.9 Å². The summed E-state index contributed by atoms with van der Waals surface area (Å²) in [6, 6.07) is 20.3. The zero-order valence-electron chi connectivity index (χ0n) is 15.4. The molecule has 2 amide bonds. The third-order valence-corrected chi connectivity index (χ3v) is 4.61. The van der Waals surface area contributed by atoms with Gasteiger partial charge in [0.1, 0.15) is 0 Å². The van der Waals surface area contributed by atoms with Crippen LogP contribution in [0.25, 0.3) is 0 Å². The van der Waals surface area contributed by atoms with Crippen molar-refractivity contribution < 1.29 is 22.8 Å². The standard InChI is InChI=1S/C22H16ClF3N2O2/c23-18-12-11-16(13-17(18)22(24,25)26)27-20(29)21(30)28-19(14-7-3-1-4-8-14)15-9-5-2-6-10-15/h1-13,19H,(H,27,29)(H,28,30). The van der Waals surface area contributed by atoms with Gasteiger partial charge in [-0.3, -0.25) is 9.59 Å². The van der Waals surface area contributed by atoms with E-state index in [-0.39, 0.29) is 5.69 Å². The van der Waals surface area contributed by atoms with Gasteiger partial charge in [-0.15, -0.1) is 0 Å². The maximum atomic E-state index is 13.0. The van der Waals surface area contributed by atoms with Crippen molar-refractivity contribution in [2.75, 3.05) is 5.32 Å². The summed E-state index contributed by atoms with van der Waals surface area (Å²) in [6.07, 6.45) is -4.69. The zero-order chi connectivity index (χ0) is 21.7. The first-order chi connectivity index (χ1) is 14.3. The molecule has 30 heavy (non-hydrogen) atoms. The molecule has 3 aromatic carbocycles. The van der Waals surface area contributed by atoms with Crippen molar-refractivity contribution in [3.63, 3.8) is 0 Å². The Morgan fingerprint density at radius 2 is 1.33 bits per heavy atom. The van der Waals surface area contributed by atoms with Crippen LogP contribution in [0.5, 0.6) is 0 Å². The maximum absolute atomic E-state index is 13.0. The van der Waals surface area contributed by atoms with E-state index >= 15 is 0 Å². The minimum absolute atomic E-state index is 0.192. The van der Waals surface area contributed by atoms with Crippen LogP contribution in [0.2, 0.25) is 5.02 Å². The van der Waals surface area contributed by atoms with E-state index in [1.807, 2.05) is 12.1 Å². The molecule has 0 aliphatic rings. The molecule has 0 atom stereocenters. The summed E-state index contributed by atoms with van der Waals surface area (Å²) in [6.45, 7) is 0. The Bertz CT molecular complexity index is 1000. The monoisotopic (exact) mass is 432 g/mol. The summed E-state index contributed by atoms with van der Waals surface area (Å²) < 4.78 is 39.0. The maximum Gasteiger partial charge on any atom is 0.417 e. The molecule has 0 aliphatic heterocycles. The third kappa shape index (κ3) is 5.18. The molecule has 3 aromatic rings. The summed E-state index contributed by atoms with van der Waals surface area (Å²) in [5.74, 6) is -2.08. The third-order valence-electron chi connectivity index (χ3n) is 4.28. The molecular formula is C22H16ClF3N2O2. The van der Waals surface area contributed by atoms with E-state index in [1.165, 1.54) is 6.07 Å². The van der Waals surface area contributed by atoms with E-state index in [4.69, 9.17) is 11.6 Å². The van der Waals surface area contributed by atoms with Gasteiger partial charge >= 0.3 is 18.0 Å². The first-order valence-electron chi connectivity index (χ1n) is 8.84. The highest BCUT2D eigenvalue weighted by Crippen LogP contribution is 2.36. The van der Waals surface area contributed by atoms with Gasteiger partial charge in [0, 0.05) is 5.69 Å². The fourth-order valence-electron chi connectivity index (χ4n) is 2.85. The van der Waals surface area contributed by atoms with Gasteiger partial charge in [-0.2, -0.15) is 13.2 Å². The fraction of sp³-hybridized carbons (Fsp3) is 0.0909. The number of nitrogens with one attached hydrogen (secondary N) is 2. The molecule has 4 nitrogen and oxygen atoms in total. The molecule has 0 aliphatic carbocycles. The number of rotatable bonds is 4. The van der Waals surface area contributed by atoms with E-state index < -0.39 is 34.6 Å². The first kappa shape index (κ1) is 21.4. The minimum Gasteiger partial charge on any atom is -0.337 e. The largest absolute Gasteiger partial charge is 0.417 e. The number of carbonyl (C=O) groups excluding carboxylic acids is 2. The first-order valence-corrected chi connectivity index (χ1v) is 9.22. The summed E-state index contributed by atoms with van der Waals surface area (Å²) in [4.78, 5) is 24.8. The molecule has 0 spiro atoms. The normalized spacial score (nSPS) is 11.2. The van der Waals surface area contributed by atoms with Crippen molar-refractivity contribution in [3.8, 4) is 0 Å². The van der Waals surface area contributed by atoms with Gasteiger partial charge in [0.05, 0.1) is 16.6 Å². The number of amides is 2. The van der Waals surface area contributed by atoms with E-state index in [0.29, 0.717) is 6.07 Å². The van der Waals surface area contributed by atoms with Gasteiger partial charge in [-0.05, 0) is 29.3 Å². The molecule has 0 aromatic heterocycles. The number of carbonyl (C=O) groups is 2. The quantitative estimate of drug-likeness (QED) is 0.556. The van der Waals surface area contributed by atoms with Crippen molar-refractivity contribution in [3.05, 3.63) is 101 Å². The highest BCUT2D eigenvalue weighted by Gasteiger charge is 2.33. The van der Waals surface area contributed by atoms with E-state index in [0.717, 1.165) is 17.2 Å². The lowest BCUT2D eigenvalue weighted by molar-refractivity contribution is -0.137. The number of hydrogen-bond acceptors (Lipinski definition) is 2. The molecule has 0 unspecified atom stereocenters. The number of benzene rings is 3. The Hall–Kier alpha value is -3.32. The summed E-state index contributed by atoms with van der Waals surface area (Å²) >= 11 is 5.57. The van der Waals surface area contributed by atoms with E-state index in [2.05, 4.69) is 10.6 Å². The van der Waals surface area contributed by atoms with Crippen LogP contribution in [0.4, 0.5) is 18.9 Å². The molecular weight excluding hydrogens is 417 g/mol. The average Bonchev–Trinajstić information content (AvgIpc) is 2.73. The van der Waals surface area contributed by atoms with Crippen molar-refractivity contribution in [2.45, 2.75) is 12.2 Å². The summed E-state index contributed by atoms with van der Waals surface area (Å²) in [5.41, 5.74) is 0.197. The summed E-state index contributed by atoms with van der Waals surface area (Å²) in [5, 5.41) is 4.30. The molecule has 0 fully saturated rings. The molecule has 2 N–H and O–H groups in total. The van der Waals surface area contributed by atoms with Crippen LogP contribution in [-0.4, -0.2) is 11.8 Å².